The van der Waals surface area contributed by atoms with Crippen LogP contribution in [0.3, 0.4) is 0 Å². The molecule has 76 valence electrons. The molecule has 0 aliphatic carbocycles. The zero-order valence-corrected chi connectivity index (χ0v) is 8.15. The maximum Gasteiger partial charge on any atom is 0.331 e. The minimum Gasteiger partial charge on any atom is -0.467 e. The number of hydrogen-bond acceptors (Lipinski definition) is 5. The first-order chi connectivity index (χ1) is 6.48. The highest BCUT2D eigenvalue weighted by Gasteiger charge is 2.32. The highest BCUT2D eigenvalue weighted by molar-refractivity contribution is 5.81. The molecule has 1 heterocycles. The van der Waals surface area contributed by atoms with Gasteiger partial charge in [0.1, 0.15) is 0 Å². The van der Waals surface area contributed by atoms with Crippen molar-refractivity contribution in [3.8, 4) is 0 Å². The van der Waals surface area contributed by atoms with E-state index < -0.39 is 11.5 Å². The normalized spacial score (nSPS) is 14.5. The summed E-state index contributed by atoms with van der Waals surface area (Å²) in [6.45, 7) is 1.54. The van der Waals surface area contributed by atoms with Gasteiger partial charge in [0.25, 0.3) is 0 Å². The second kappa shape index (κ2) is 3.63. The molecule has 1 aromatic rings. The summed E-state index contributed by atoms with van der Waals surface area (Å²) >= 11 is 0. The van der Waals surface area contributed by atoms with E-state index in [4.69, 9.17) is 11.5 Å². The van der Waals surface area contributed by atoms with Crippen molar-refractivity contribution in [1.82, 2.24) is 4.98 Å². The Balaban J connectivity index is 3.03. The highest BCUT2D eigenvalue weighted by Crippen LogP contribution is 2.17. The Bertz CT molecular complexity index is 332. The van der Waals surface area contributed by atoms with Crippen LogP contribution in [0.25, 0.3) is 0 Å². The molecule has 0 bridgehead atoms. The van der Waals surface area contributed by atoms with Gasteiger partial charge in [0.15, 0.2) is 5.54 Å². The van der Waals surface area contributed by atoms with Crippen molar-refractivity contribution < 1.29 is 9.53 Å². The number of methoxy groups -OCH3 is 1. The molecule has 0 aliphatic rings. The summed E-state index contributed by atoms with van der Waals surface area (Å²) in [7, 11) is 1.28. The number of hydrogen-bond donors (Lipinski definition) is 2. The number of carbonyl (C=O) groups is 1. The SMILES string of the molecule is COC(=O)[C@@](C)(N)c1ccc(N)cn1. The fourth-order valence-corrected chi connectivity index (χ4v) is 1.03. The monoisotopic (exact) mass is 195 g/mol. The molecule has 0 aromatic carbocycles. The van der Waals surface area contributed by atoms with Crippen molar-refractivity contribution in [3.05, 3.63) is 24.0 Å². The zero-order chi connectivity index (χ0) is 10.8. The van der Waals surface area contributed by atoms with Crippen molar-refractivity contribution in [1.29, 1.82) is 0 Å². The third kappa shape index (κ3) is 1.82. The fraction of sp³-hybridized carbons (Fsp3) is 0.333. The molecule has 0 saturated carbocycles. The summed E-state index contributed by atoms with van der Waals surface area (Å²) in [5.41, 5.74) is 10.9. The van der Waals surface area contributed by atoms with Crippen LogP contribution < -0.4 is 11.5 Å². The zero-order valence-electron chi connectivity index (χ0n) is 8.15. The molecule has 1 aromatic heterocycles. The maximum atomic E-state index is 11.3. The van der Waals surface area contributed by atoms with Gasteiger partial charge in [-0.1, -0.05) is 0 Å². The molecule has 5 nitrogen and oxygen atoms in total. The molecular formula is C9H13N3O2. The molecular weight excluding hydrogens is 182 g/mol. The van der Waals surface area contributed by atoms with E-state index in [1.54, 1.807) is 12.1 Å². The lowest BCUT2D eigenvalue weighted by atomic mass is 9.99. The first-order valence-electron chi connectivity index (χ1n) is 4.08. The highest BCUT2D eigenvalue weighted by atomic mass is 16.5. The smallest absolute Gasteiger partial charge is 0.331 e. The summed E-state index contributed by atoms with van der Waals surface area (Å²) < 4.78 is 4.56. The molecule has 4 N–H and O–H groups in total. The second-order valence-electron chi connectivity index (χ2n) is 3.17. The lowest BCUT2D eigenvalue weighted by Crippen LogP contribution is -2.43. The van der Waals surface area contributed by atoms with E-state index in [0.717, 1.165) is 0 Å². The average molecular weight is 195 g/mol. The molecule has 0 spiro atoms. The first-order valence-corrected chi connectivity index (χ1v) is 4.08. The van der Waals surface area contributed by atoms with Gasteiger partial charge in [0.2, 0.25) is 0 Å². The summed E-state index contributed by atoms with van der Waals surface area (Å²) in [5, 5.41) is 0. The molecule has 0 fully saturated rings. The summed E-state index contributed by atoms with van der Waals surface area (Å²) in [6.07, 6.45) is 1.45. The number of ether oxygens (including phenoxy) is 1. The van der Waals surface area contributed by atoms with Crippen LogP contribution in [-0.2, 0) is 15.1 Å². The molecule has 0 amide bonds. The van der Waals surface area contributed by atoms with Crippen LogP contribution in [0, 0.1) is 0 Å². The van der Waals surface area contributed by atoms with E-state index in [0.29, 0.717) is 11.4 Å². The number of esters is 1. The number of aromatic nitrogens is 1. The van der Waals surface area contributed by atoms with Crippen molar-refractivity contribution in [2.75, 3.05) is 12.8 Å². The van der Waals surface area contributed by atoms with E-state index >= 15 is 0 Å². The molecule has 1 rings (SSSR count). The molecule has 14 heavy (non-hydrogen) atoms. The van der Waals surface area contributed by atoms with Crippen molar-refractivity contribution in [2.45, 2.75) is 12.5 Å². The number of carbonyl (C=O) groups excluding carboxylic acids is 1. The fourth-order valence-electron chi connectivity index (χ4n) is 1.03. The Morgan fingerprint density at radius 2 is 2.21 bits per heavy atom. The molecule has 0 aliphatic heterocycles. The van der Waals surface area contributed by atoms with Crippen LogP contribution >= 0.6 is 0 Å². The molecule has 1 atom stereocenters. The predicted molar refractivity (Wildman–Crippen MR) is 52.2 cm³/mol. The lowest BCUT2D eigenvalue weighted by Gasteiger charge is -2.20. The number of nitrogens with two attached hydrogens (primary N) is 2. The average Bonchev–Trinajstić information content (AvgIpc) is 2.17. The molecule has 5 heteroatoms. The predicted octanol–water partition coefficient (Wildman–Crippen LogP) is 0.0107. The molecule has 0 unspecified atom stereocenters. The Morgan fingerprint density at radius 3 is 2.64 bits per heavy atom. The lowest BCUT2D eigenvalue weighted by molar-refractivity contribution is -0.146. The molecule has 0 radical (unpaired) electrons. The van der Waals surface area contributed by atoms with Gasteiger partial charge in [-0.15, -0.1) is 0 Å². The van der Waals surface area contributed by atoms with Crippen molar-refractivity contribution in [3.63, 3.8) is 0 Å². The summed E-state index contributed by atoms with van der Waals surface area (Å²) in [4.78, 5) is 15.3. The third-order valence-corrected chi connectivity index (χ3v) is 1.93. The van der Waals surface area contributed by atoms with Crippen molar-refractivity contribution >= 4 is 11.7 Å². The number of anilines is 1. The van der Waals surface area contributed by atoms with Gasteiger partial charge in [-0.2, -0.15) is 0 Å². The van der Waals surface area contributed by atoms with Gasteiger partial charge in [0, 0.05) is 0 Å². The largest absolute Gasteiger partial charge is 0.467 e. The van der Waals surface area contributed by atoms with Crippen LogP contribution in [-0.4, -0.2) is 18.1 Å². The van der Waals surface area contributed by atoms with E-state index in [1.165, 1.54) is 20.2 Å². The van der Waals surface area contributed by atoms with E-state index in [-0.39, 0.29) is 0 Å². The number of nitrogen functional groups attached to an aromatic ring is 1. The van der Waals surface area contributed by atoms with Gasteiger partial charge in [-0.3, -0.25) is 4.98 Å². The van der Waals surface area contributed by atoms with Crippen molar-refractivity contribution in [2.24, 2.45) is 5.73 Å². The summed E-state index contributed by atoms with van der Waals surface area (Å²) in [5.74, 6) is -0.533. The number of pyridine rings is 1. The van der Waals surface area contributed by atoms with Gasteiger partial charge in [-0.05, 0) is 19.1 Å². The second-order valence-corrected chi connectivity index (χ2v) is 3.17. The van der Waals surface area contributed by atoms with E-state index in [2.05, 4.69) is 9.72 Å². The minimum absolute atomic E-state index is 0.429. The quantitative estimate of drug-likeness (QED) is 0.648. The van der Waals surface area contributed by atoms with Crippen LogP contribution in [0.15, 0.2) is 18.3 Å². The van der Waals surface area contributed by atoms with Gasteiger partial charge >= 0.3 is 5.97 Å². The Labute approximate surface area is 82.1 Å². The topological polar surface area (TPSA) is 91.2 Å². The van der Waals surface area contributed by atoms with Gasteiger partial charge in [-0.25, -0.2) is 4.79 Å². The maximum absolute atomic E-state index is 11.3. The minimum atomic E-state index is -1.23. The Hall–Kier alpha value is -1.62. The third-order valence-electron chi connectivity index (χ3n) is 1.93. The van der Waals surface area contributed by atoms with Crippen LogP contribution in [0.2, 0.25) is 0 Å². The van der Waals surface area contributed by atoms with Crippen LogP contribution in [0.4, 0.5) is 5.69 Å². The first kappa shape index (κ1) is 10.5. The van der Waals surface area contributed by atoms with E-state index in [9.17, 15) is 4.79 Å². The molecule has 0 saturated heterocycles. The van der Waals surface area contributed by atoms with Crippen LogP contribution in [0.1, 0.15) is 12.6 Å². The van der Waals surface area contributed by atoms with Gasteiger partial charge < -0.3 is 16.2 Å². The number of nitrogens with zero attached hydrogens (tertiary/aromatic N) is 1. The van der Waals surface area contributed by atoms with Crippen LogP contribution in [0.5, 0.6) is 0 Å². The standard InChI is InChI=1S/C9H13N3O2/c1-9(11,8(13)14-2)7-4-3-6(10)5-12-7/h3-5H,10-11H2,1-2H3/t9-/m0/s1. The summed E-state index contributed by atoms with van der Waals surface area (Å²) in [6, 6.07) is 3.24. The Morgan fingerprint density at radius 1 is 1.57 bits per heavy atom. The van der Waals surface area contributed by atoms with E-state index in [1.807, 2.05) is 0 Å². The number of rotatable bonds is 2. The van der Waals surface area contributed by atoms with Gasteiger partial charge in [0.05, 0.1) is 24.7 Å². The Kier molecular flexibility index (Phi) is 2.71.